The highest BCUT2D eigenvalue weighted by molar-refractivity contribution is 6.31. The molecule has 1 aliphatic heterocycles. The number of piperidine rings is 1. The van der Waals surface area contributed by atoms with Crippen LogP contribution in [-0.4, -0.2) is 38.7 Å². The first kappa shape index (κ1) is 19.9. The maximum absolute atomic E-state index is 13.1. The summed E-state index contributed by atoms with van der Waals surface area (Å²) in [4.78, 5) is 18.4. The second kappa shape index (κ2) is 7.89. The van der Waals surface area contributed by atoms with Gasteiger partial charge in [0.15, 0.2) is 0 Å². The Bertz CT molecular complexity index is 1250. The van der Waals surface area contributed by atoms with Crippen LogP contribution in [0.2, 0.25) is 5.02 Å². The van der Waals surface area contributed by atoms with Crippen LogP contribution in [0, 0.1) is 13.8 Å². The van der Waals surface area contributed by atoms with Gasteiger partial charge in [-0.2, -0.15) is 5.10 Å². The fourth-order valence-electron chi connectivity index (χ4n) is 4.63. The van der Waals surface area contributed by atoms with E-state index in [1.807, 2.05) is 47.7 Å². The van der Waals surface area contributed by atoms with Crippen LogP contribution < -0.4 is 0 Å². The summed E-state index contributed by atoms with van der Waals surface area (Å²) in [5.74, 6) is 0.577. The van der Waals surface area contributed by atoms with Crippen molar-refractivity contribution >= 4 is 28.4 Å². The first-order chi connectivity index (χ1) is 15.0. The van der Waals surface area contributed by atoms with Gasteiger partial charge in [-0.05, 0) is 68.5 Å². The Morgan fingerprint density at radius 2 is 1.77 bits per heavy atom. The molecule has 5 rings (SSSR count). The molecule has 0 atom stereocenters. The lowest BCUT2D eigenvalue weighted by Gasteiger charge is -2.32. The maximum atomic E-state index is 13.1. The molecule has 0 radical (unpaired) electrons. The number of para-hydroxylation sites is 1. The molecule has 0 spiro atoms. The van der Waals surface area contributed by atoms with E-state index in [0.717, 1.165) is 43.0 Å². The summed E-state index contributed by atoms with van der Waals surface area (Å²) in [6.07, 6.45) is 4.10. The zero-order valence-electron chi connectivity index (χ0n) is 17.7. The SMILES string of the molecule is Cc1nn(-c2ccc(C(=O)N3CCC(c4c[nH]c5ccccc45)CC3)cc2)c(C)c1Cl. The average Bonchev–Trinajstić information content (AvgIpc) is 3.35. The van der Waals surface area contributed by atoms with Crippen LogP contribution in [-0.2, 0) is 0 Å². The number of aromatic nitrogens is 3. The standard InChI is InChI=1S/C25H25ClN4O/c1-16-24(26)17(2)30(28-16)20-9-7-19(8-10-20)25(31)29-13-11-18(12-14-29)22-15-27-23-6-4-3-5-21(22)23/h3-10,15,18,27H,11-14H2,1-2H3. The second-order valence-electron chi connectivity index (χ2n) is 8.30. The zero-order valence-corrected chi connectivity index (χ0v) is 18.5. The molecule has 0 aliphatic carbocycles. The number of nitrogens with one attached hydrogen (secondary N) is 1. The molecular weight excluding hydrogens is 408 g/mol. The number of benzene rings is 2. The number of fused-ring (bicyclic) bond motifs is 1. The number of carbonyl (C=O) groups is 1. The van der Waals surface area contributed by atoms with Gasteiger partial charge in [0.05, 0.1) is 22.1 Å². The highest BCUT2D eigenvalue weighted by atomic mass is 35.5. The van der Waals surface area contributed by atoms with E-state index in [9.17, 15) is 4.79 Å². The Kier molecular flexibility index (Phi) is 5.06. The topological polar surface area (TPSA) is 53.9 Å². The van der Waals surface area contributed by atoms with Gasteiger partial charge in [-0.3, -0.25) is 4.79 Å². The molecule has 0 bridgehead atoms. The van der Waals surface area contributed by atoms with Crippen molar-refractivity contribution in [3.63, 3.8) is 0 Å². The van der Waals surface area contributed by atoms with E-state index in [4.69, 9.17) is 11.6 Å². The van der Waals surface area contributed by atoms with Gasteiger partial charge in [-0.1, -0.05) is 29.8 Å². The molecule has 31 heavy (non-hydrogen) atoms. The van der Waals surface area contributed by atoms with E-state index >= 15 is 0 Å². The van der Waals surface area contributed by atoms with Crippen LogP contribution in [0.3, 0.4) is 0 Å². The van der Waals surface area contributed by atoms with E-state index in [-0.39, 0.29) is 5.91 Å². The third-order valence-corrected chi connectivity index (χ3v) is 6.95. The molecule has 3 heterocycles. The summed E-state index contributed by atoms with van der Waals surface area (Å²) in [5.41, 5.74) is 5.87. The number of likely N-dealkylation sites (tertiary alicyclic amines) is 1. The fraction of sp³-hybridized carbons (Fsp3) is 0.280. The van der Waals surface area contributed by atoms with Crippen molar-refractivity contribution in [2.45, 2.75) is 32.6 Å². The van der Waals surface area contributed by atoms with Gasteiger partial charge in [0, 0.05) is 35.8 Å². The molecule has 0 saturated carbocycles. The highest BCUT2D eigenvalue weighted by Gasteiger charge is 2.26. The minimum absolute atomic E-state index is 0.0929. The first-order valence-electron chi connectivity index (χ1n) is 10.7. The van der Waals surface area contributed by atoms with Gasteiger partial charge in [0.1, 0.15) is 0 Å². The van der Waals surface area contributed by atoms with Crippen LogP contribution >= 0.6 is 11.6 Å². The monoisotopic (exact) mass is 432 g/mol. The molecule has 158 valence electrons. The number of halogens is 1. The highest BCUT2D eigenvalue weighted by Crippen LogP contribution is 2.33. The fourth-order valence-corrected chi connectivity index (χ4v) is 4.75. The van der Waals surface area contributed by atoms with Crippen LogP contribution in [0.15, 0.2) is 54.7 Å². The summed E-state index contributed by atoms with van der Waals surface area (Å²) in [6.45, 7) is 5.39. The normalized spacial score (nSPS) is 15.0. The first-order valence-corrected chi connectivity index (χ1v) is 11.1. The third kappa shape index (κ3) is 3.53. The number of hydrogen-bond acceptors (Lipinski definition) is 2. The Labute approximate surface area is 186 Å². The second-order valence-corrected chi connectivity index (χ2v) is 8.68. The number of nitrogens with zero attached hydrogens (tertiary/aromatic N) is 3. The molecule has 1 N–H and O–H groups in total. The van der Waals surface area contributed by atoms with Crippen LogP contribution in [0.4, 0.5) is 0 Å². The summed E-state index contributed by atoms with van der Waals surface area (Å²) < 4.78 is 1.82. The molecule has 0 unspecified atom stereocenters. The minimum atomic E-state index is 0.0929. The van der Waals surface area contributed by atoms with E-state index < -0.39 is 0 Å². The van der Waals surface area contributed by atoms with Gasteiger partial charge < -0.3 is 9.88 Å². The largest absolute Gasteiger partial charge is 0.361 e. The van der Waals surface area contributed by atoms with Crippen molar-refractivity contribution in [2.75, 3.05) is 13.1 Å². The Hall–Kier alpha value is -3.05. The minimum Gasteiger partial charge on any atom is -0.361 e. The lowest BCUT2D eigenvalue weighted by atomic mass is 9.89. The van der Waals surface area contributed by atoms with Gasteiger partial charge in [-0.15, -0.1) is 0 Å². The number of carbonyl (C=O) groups excluding carboxylic acids is 1. The molecule has 6 heteroatoms. The molecule has 1 saturated heterocycles. The molecule has 1 fully saturated rings. The van der Waals surface area contributed by atoms with E-state index in [2.05, 4.69) is 40.5 Å². The lowest BCUT2D eigenvalue weighted by molar-refractivity contribution is 0.0713. The van der Waals surface area contributed by atoms with Gasteiger partial charge in [0.2, 0.25) is 0 Å². The molecule has 4 aromatic rings. The molecule has 2 aromatic carbocycles. The lowest BCUT2D eigenvalue weighted by Crippen LogP contribution is -2.37. The summed E-state index contributed by atoms with van der Waals surface area (Å²) in [5, 5.41) is 6.46. The van der Waals surface area contributed by atoms with E-state index in [1.165, 1.54) is 16.5 Å². The summed E-state index contributed by atoms with van der Waals surface area (Å²) in [7, 11) is 0. The average molecular weight is 433 g/mol. The Balaban J connectivity index is 1.27. The van der Waals surface area contributed by atoms with Crippen LogP contribution in [0.25, 0.3) is 16.6 Å². The van der Waals surface area contributed by atoms with Crippen molar-refractivity contribution in [1.82, 2.24) is 19.7 Å². The van der Waals surface area contributed by atoms with Gasteiger partial charge in [-0.25, -0.2) is 4.68 Å². The molecule has 1 amide bonds. The van der Waals surface area contributed by atoms with Crippen molar-refractivity contribution in [2.24, 2.45) is 0 Å². The Morgan fingerprint density at radius 1 is 1.06 bits per heavy atom. The van der Waals surface area contributed by atoms with E-state index in [0.29, 0.717) is 16.5 Å². The predicted molar refractivity (Wildman–Crippen MR) is 124 cm³/mol. The van der Waals surface area contributed by atoms with Crippen molar-refractivity contribution in [1.29, 1.82) is 0 Å². The zero-order chi connectivity index (χ0) is 21.5. The van der Waals surface area contributed by atoms with Crippen LogP contribution in [0.5, 0.6) is 0 Å². The predicted octanol–water partition coefficient (Wildman–Crippen LogP) is 5.64. The maximum Gasteiger partial charge on any atom is 0.253 e. The number of H-pyrrole nitrogens is 1. The van der Waals surface area contributed by atoms with Crippen molar-refractivity contribution in [3.05, 3.63) is 82.3 Å². The van der Waals surface area contributed by atoms with Gasteiger partial charge in [0.25, 0.3) is 5.91 Å². The van der Waals surface area contributed by atoms with Crippen molar-refractivity contribution < 1.29 is 4.79 Å². The summed E-state index contributed by atoms with van der Waals surface area (Å²) >= 11 is 6.27. The number of aromatic amines is 1. The molecule has 5 nitrogen and oxygen atoms in total. The van der Waals surface area contributed by atoms with Crippen LogP contribution in [0.1, 0.15) is 46.1 Å². The smallest absolute Gasteiger partial charge is 0.253 e. The molecule has 1 aliphatic rings. The Morgan fingerprint density at radius 3 is 2.45 bits per heavy atom. The van der Waals surface area contributed by atoms with Gasteiger partial charge >= 0.3 is 0 Å². The number of amides is 1. The summed E-state index contributed by atoms with van der Waals surface area (Å²) in [6, 6.07) is 16.1. The van der Waals surface area contributed by atoms with E-state index in [1.54, 1.807) is 0 Å². The third-order valence-electron chi connectivity index (χ3n) is 6.41. The molecular formula is C25H25ClN4O. The number of hydrogen-bond donors (Lipinski definition) is 1. The number of rotatable bonds is 3. The quantitative estimate of drug-likeness (QED) is 0.455. The van der Waals surface area contributed by atoms with Crippen molar-refractivity contribution in [3.8, 4) is 5.69 Å². The molecule has 2 aromatic heterocycles. The number of aryl methyl sites for hydroxylation is 1.